The average Bonchev–Trinajstić information content (AvgIpc) is 2.27. The third-order valence-corrected chi connectivity index (χ3v) is 1.63. The van der Waals surface area contributed by atoms with Gasteiger partial charge in [-0.2, -0.15) is 4.90 Å². The molecule has 13 heavy (non-hydrogen) atoms. The first-order chi connectivity index (χ1) is 6.07. The minimum Gasteiger partial charge on any atom is -0.449 e. The van der Waals surface area contributed by atoms with Crippen molar-refractivity contribution in [1.82, 2.24) is 4.90 Å². The van der Waals surface area contributed by atoms with Gasteiger partial charge in [-0.15, -0.1) is 0 Å². The van der Waals surface area contributed by atoms with E-state index in [1.165, 1.54) is 0 Å². The smallest absolute Gasteiger partial charge is 0.423 e. The molecule has 6 heteroatoms. The quantitative estimate of drug-likeness (QED) is 0.543. The van der Waals surface area contributed by atoms with E-state index in [2.05, 4.69) is 4.74 Å². The van der Waals surface area contributed by atoms with E-state index < -0.39 is 23.9 Å². The summed E-state index contributed by atoms with van der Waals surface area (Å²) in [5, 5.41) is 0. The number of hydrogen-bond donors (Lipinski definition) is 1. The summed E-state index contributed by atoms with van der Waals surface area (Å²) in [6.07, 6.45) is -1.07. The minimum absolute atomic E-state index is 0.116. The Morgan fingerprint density at radius 1 is 1.69 bits per heavy atom. The van der Waals surface area contributed by atoms with Crippen LogP contribution in [-0.2, 0) is 14.3 Å². The third kappa shape index (κ3) is 1.67. The maximum absolute atomic E-state index is 11.1. The van der Waals surface area contributed by atoms with Gasteiger partial charge in [0.2, 0.25) is 5.91 Å². The van der Waals surface area contributed by atoms with Gasteiger partial charge in [0.15, 0.2) is 0 Å². The number of imide groups is 3. The summed E-state index contributed by atoms with van der Waals surface area (Å²) in [6.45, 7) is 1.70. The summed E-state index contributed by atoms with van der Waals surface area (Å²) in [6, 6.07) is -0.906. The Hall–Kier alpha value is -1.43. The van der Waals surface area contributed by atoms with Crippen molar-refractivity contribution in [2.75, 3.05) is 6.61 Å². The molecule has 0 bridgehead atoms. The highest BCUT2D eigenvalue weighted by Gasteiger charge is 2.41. The van der Waals surface area contributed by atoms with Gasteiger partial charge in [-0.3, -0.25) is 9.59 Å². The number of nitrogens with zero attached hydrogens (tertiary/aromatic N) is 1. The maximum atomic E-state index is 11.1. The monoisotopic (exact) mass is 186 g/mol. The highest BCUT2D eigenvalue weighted by atomic mass is 16.6. The summed E-state index contributed by atoms with van der Waals surface area (Å²) in [4.78, 5) is 33.6. The number of ether oxygens (including phenoxy) is 1. The molecule has 1 fully saturated rings. The van der Waals surface area contributed by atoms with Gasteiger partial charge in [-0.1, -0.05) is 0 Å². The number of carbonyl (C=O) groups excluding carboxylic acids is 3. The molecule has 0 aromatic carbocycles. The van der Waals surface area contributed by atoms with Gasteiger partial charge in [-0.05, 0) is 6.92 Å². The zero-order valence-corrected chi connectivity index (χ0v) is 7.15. The van der Waals surface area contributed by atoms with Crippen molar-refractivity contribution < 1.29 is 19.1 Å². The lowest BCUT2D eigenvalue weighted by molar-refractivity contribution is -0.136. The lowest BCUT2D eigenvalue weighted by Crippen LogP contribution is -2.40. The molecule has 3 amide bonds. The average molecular weight is 186 g/mol. The van der Waals surface area contributed by atoms with E-state index >= 15 is 0 Å². The van der Waals surface area contributed by atoms with Crippen LogP contribution in [0.15, 0.2) is 0 Å². The fourth-order valence-electron chi connectivity index (χ4n) is 1.04. The molecule has 0 saturated carbocycles. The summed E-state index contributed by atoms with van der Waals surface area (Å²) in [5.41, 5.74) is 5.27. The molecular weight excluding hydrogens is 176 g/mol. The summed E-state index contributed by atoms with van der Waals surface area (Å²) >= 11 is 0. The summed E-state index contributed by atoms with van der Waals surface area (Å²) < 4.78 is 4.50. The molecule has 0 spiro atoms. The zero-order chi connectivity index (χ0) is 10.0. The molecule has 0 aliphatic carbocycles. The van der Waals surface area contributed by atoms with E-state index in [0.717, 1.165) is 0 Å². The van der Waals surface area contributed by atoms with Crippen molar-refractivity contribution in [3.8, 4) is 0 Å². The number of rotatable bonds is 1. The molecule has 2 N–H and O–H groups in total. The van der Waals surface area contributed by atoms with Crippen LogP contribution in [0.25, 0.3) is 0 Å². The SMILES string of the molecule is CCOC(=O)N1C(=O)CC(N)C1=O. The Morgan fingerprint density at radius 2 is 2.31 bits per heavy atom. The van der Waals surface area contributed by atoms with Crippen molar-refractivity contribution >= 4 is 17.9 Å². The Morgan fingerprint density at radius 3 is 2.69 bits per heavy atom. The summed E-state index contributed by atoms with van der Waals surface area (Å²) in [7, 11) is 0. The molecule has 0 aromatic rings. The molecule has 0 aromatic heterocycles. The van der Waals surface area contributed by atoms with Crippen molar-refractivity contribution in [2.24, 2.45) is 5.73 Å². The molecule has 1 rings (SSSR count). The highest BCUT2D eigenvalue weighted by Crippen LogP contribution is 2.12. The molecule has 6 nitrogen and oxygen atoms in total. The van der Waals surface area contributed by atoms with E-state index in [0.29, 0.717) is 4.90 Å². The van der Waals surface area contributed by atoms with Crippen LogP contribution < -0.4 is 5.73 Å². The largest absolute Gasteiger partial charge is 0.449 e. The van der Waals surface area contributed by atoms with E-state index in [1.807, 2.05) is 0 Å². The Balaban J connectivity index is 2.74. The van der Waals surface area contributed by atoms with Gasteiger partial charge in [0.1, 0.15) is 0 Å². The van der Waals surface area contributed by atoms with Crippen molar-refractivity contribution in [3.63, 3.8) is 0 Å². The first-order valence-electron chi connectivity index (χ1n) is 3.87. The molecule has 1 atom stereocenters. The fourth-order valence-corrected chi connectivity index (χ4v) is 1.04. The van der Waals surface area contributed by atoms with Gasteiger partial charge in [-0.25, -0.2) is 4.79 Å². The number of carbonyl (C=O) groups is 3. The van der Waals surface area contributed by atoms with Crippen LogP contribution in [0, 0.1) is 0 Å². The molecule has 1 unspecified atom stereocenters. The maximum Gasteiger partial charge on any atom is 0.423 e. The summed E-state index contributed by atoms with van der Waals surface area (Å²) in [5.74, 6) is -1.29. The number of amides is 3. The molecule has 1 aliphatic heterocycles. The molecular formula is C7H10N2O4. The second-order valence-corrected chi connectivity index (χ2v) is 2.58. The minimum atomic E-state index is -0.939. The van der Waals surface area contributed by atoms with Crippen LogP contribution >= 0.6 is 0 Å². The normalized spacial score (nSPS) is 22.3. The molecule has 1 aliphatic rings. The third-order valence-electron chi connectivity index (χ3n) is 1.63. The molecule has 1 saturated heterocycles. The van der Waals surface area contributed by atoms with Crippen molar-refractivity contribution in [3.05, 3.63) is 0 Å². The lowest BCUT2D eigenvalue weighted by atomic mass is 10.3. The van der Waals surface area contributed by atoms with Crippen LogP contribution in [0.4, 0.5) is 4.79 Å². The predicted molar refractivity (Wildman–Crippen MR) is 41.5 cm³/mol. The van der Waals surface area contributed by atoms with Gasteiger partial charge in [0.05, 0.1) is 19.1 Å². The van der Waals surface area contributed by atoms with Gasteiger partial charge < -0.3 is 10.5 Å². The van der Waals surface area contributed by atoms with Crippen molar-refractivity contribution in [1.29, 1.82) is 0 Å². The zero-order valence-electron chi connectivity index (χ0n) is 7.15. The van der Waals surface area contributed by atoms with E-state index in [1.54, 1.807) is 6.92 Å². The topological polar surface area (TPSA) is 89.7 Å². The number of likely N-dealkylation sites (tertiary alicyclic amines) is 1. The van der Waals surface area contributed by atoms with E-state index in [4.69, 9.17) is 5.73 Å². The van der Waals surface area contributed by atoms with Crippen LogP contribution in [0.5, 0.6) is 0 Å². The highest BCUT2D eigenvalue weighted by molar-refractivity contribution is 6.15. The van der Waals surface area contributed by atoms with Crippen molar-refractivity contribution in [2.45, 2.75) is 19.4 Å². The van der Waals surface area contributed by atoms with Crippen LogP contribution in [0.2, 0.25) is 0 Å². The number of nitrogens with two attached hydrogens (primary N) is 1. The second-order valence-electron chi connectivity index (χ2n) is 2.58. The lowest BCUT2D eigenvalue weighted by Gasteiger charge is -2.10. The standard InChI is InChI=1S/C7H10N2O4/c1-2-13-7(12)9-5(10)3-4(8)6(9)11/h4H,2-3,8H2,1H3. The Labute approximate surface area is 74.6 Å². The second kappa shape index (κ2) is 3.53. The Kier molecular flexibility index (Phi) is 2.62. The predicted octanol–water partition coefficient (Wildman–Crippen LogP) is -0.771. The van der Waals surface area contributed by atoms with E-state index in [9.17, 15) is 14.4 Å². The Bertz CT molecular complexity index is 263. The van der Waals surface area contributed by atoms with Gasteiger partial charge in [0.25, 0.3) is 5.91 Å². The first kappa shape index (κ1) is 9.66. The number of hydrogen-bond acceptors (Lipinski definition) is 5. The molecule has 72 valence electrons. The van der Waals surface area contributed by atoms with E-state index in [-0.39, 0.29) is 13.0 Å². The molecule has 1 heterocycles. The van der Waals surface area contributed by atoms with Crippen LogP contribution in [0.3, 0.4) is 0 Å². The van der Waals surface area contributed by atoms with Gasteiger partial charge in [0, 0.05) is 0 Å². The van der Waals surface area contributed by atoms with Crippen LogP contribution in [0.1, 0.15) is 13.3 Å². The van der Waals surface area contributed by atoms with Crippen LogP contribution in [-0.4, -0.2) is 35.5 Å². The van der Waals surface area contributed by atoms with Gasteiger partial charge >= 0.3 is 6.09 Å². The fraction of sp³-hybridized carbons (Fsp3) is 0.571. The molecule has 0 radical (unpaired) electrons. The first-order valence-corrected chi connectivity index (χ1v) is 3.87.